The Balaban J connectivity index is 1.04. The molecule has 2 aromatic carbocycles. The van der Waals surface area contributed by atoms with E-state index in [1.54, 1.807) is 25.1 Å². The van der Waals surface area contributed by atoms with Crippen molar-refractivity contribution in [3.63, 3.8) is 0 Å². The second kappa shape index (κ2) is 12.0. The standard InChI is InChI=1S/C33H38N4O5/c1-37(31(38)19-42-33(40)22-9-12-28-26(17-22)23-5-3-4-6-27(23)35-28)18-20-7-10-24-25-16-21(32(39)34-13-14-41-2)8-11-29(25)36-30(24)15-20/h8-9,11-12,16-17,20,35-36H,3-7,10,13-15,18-19H2,1-2H3,(H,34,39). The minimum Gasteiger partial charge on any atom is -0.452 e. The number of hydrogen-bond donors (Lipinski definition) is 3. The molecule has 1 unspecified atom stereocenters. The molecule has 2 aliphatic rings. The van der Waals surface area contributed by atoms with E-state index in [0.29, 0.717) is 30.8 Å². The van der Waals surface area contributed by atoms with Crippen molar-refractivity contribution < 1.29 is 23.9 Å². The second-order valence-corrected chi connectivity index (χ2v) is 11.6. The molecular weight excluding hydrogens is 532 g/mol. The highest BCUT2D eigenvalue weighted by atomic mass is 16.5. The Morgan fingerprint density at radius 3 is 2.40 bits per heavy atom. The van der Waals surface area contributed by atoms with Gasteiger partial charge in [0.05, 0.1) is 12.2 Å². The third-order valence-electron chi connectivity index (χ3n) is 8.76. The molecule has 2 amide bonds. The van der Waals surface area contributed by atoms with Crippen molar-refractivity contribution in [1.82, 2.24) is 20.2 Å². The van der Waals surface area contributed by atoms with E-state index in [9.17, 15) is 14.4 Å². The highest BCUT2D eigenvalue weighted by molar-refractivity contribution is 5.99. The van der Waals surface area contributed by atoms with Crippen molar-refractivity contribution in [1.29, 1.82) is 0 Å². The Bertz CT molecular complexity index is 1650. The molecule has 2 heterocycles. The van der Waals surface area contributed by atoms with Crippen molar-refractivity contribution in [2.45, 2.75) is 44.9 Å². The topological polar surface area (TPSA) is 117 Å². The maximum absolute atomic E-state index is 12.9. The fourth-order valence-corrected chi connectivity index (χ4v) is 6.51. The number of benzene rings is 2. The average Bonchev–Trinajstić information content (AvgIpc) is 3.56. The molecule has 0 bridgehead atoms. The van der Waals surface area contributed by atoms with E-state index in [2.05, 4.69) is 15.3 Å². The second-order valence-electron chi connectivity index (χ2n) is 11.6. The number of H-pyrrole nitrogens is 2. The molecular formula is C33H38N4O5. The lowest BCUT2D eigenvalue weighted by atomic mass is 9.86. The molecule has 220 valence electrons. The summed E-state index contributed by atoms with van der Waals surface area (Å²) < 4.78 is 10.5. The number of amides is 2. The molecule has 1 atom stereocenters. The summed E-state index contributed by atoms with van der Waals surface area (Å²) in [4.78, 5) is 46.9. The molecule has 6 rings (SSSR count). The van der Waals surface area contributed by atoms with Crippen molar-refractivity contribution in [2.75, 3.05) is 40.5 Å². The van der Waals surface area contributed by atoms with Gasteiger partial charge in [-0.15, -0.1) is 0 Å². The monoisotopic (exact) mass is 570 g/mol. The maximum atomic E-state index is 12.9. The van der Waals surface area contributed by atoms with Crippen LogP contribution in [-0.4, -0.2) is 73.1 Å². The van der Waals surface area contributed by atoms with Gasteiger partial charge in [0, 0.05) is 66.0 Å². The van der Waals surface area contributed by atoms with E-state index in [1.165, 1.54) is 23.2 Å². The number of carbonyl (C=O) groups is 3. The molecule has 2 aromatic heterocycles. The Hall–Kier alpha value is -4.11. The summed E-state index contributed by atoms with van der Waals surface area (Å²) in [6.45, 7) is 1.24. The van der Waals surface area contributed by atoms with Crippen LogP contribution < -0.4 is 5.32 Å². The van der Waals surface area contributed by atoms with E-state index in [-0.39, 0.29) is 24.3 Å². The molecule has 0 spiro atoms. The molecule has 0 fully saturated rings. The molecule has 42 heavy (non-hydrogen) atoms. The van der Waals surface area contributed by atoms with Crippen molar-refractivity contribution >= 4 is 39.6 Å². The van der Waals surface area contributed by atoms with Crippen molar-refractivity contribution in [3.8, 4) is 0 Å². The molecule has 0 saturated carbocycles. The van der Waals surface area contributed by atoms with Gasteiger partial charge < -0.3 is 29.7 Å². The molecule has 3 N–H and O–H groups in total. The van der Waals surface area contributed by atoms with Gasteiger partial charge in [0.25, 0.3) is 11.8 Å². The first-order valence-electron chi connectivity index (χ1n) is 14.9. The van der Waals surface area contributed by atoms with Crippen LogP contribution in [0.15, 0.2) is 36.4 Å². The first kappa shape index (κ1) is 28.0. The van der Waals surface area contributed by atoms with Gasteiger partial charge in [-0.1, -0.05) is 0 Å². The molecule has 4 aromatic rings. The minimum atomic E-state index is -0.475. The number of rotatable bonds is 9. The molecule has 0 aliphatic heterocycles. The quantitative estimate of drug-likeness (QED) is 0.205. The number of likely N-dealkylation sites (N-methyl/N-ethyl adjacent to an activating group) is 1. The van der Waals surface area contributed by atoms with E-state index in [1.807, 2.05) is 30.3 Å². The van der Waals surface area contributed by atoms with Crippen molar-refractivity contribution in [3.05, 3.63) is 70.0 Å². The van der Waals surface area contributed by atoms with Crippen LogP contribution >= 0.6 is 0 Å². The summed E-state index contributed by atoms with van der Waals surface area (Å²) in [7, 11) is 3.38. The van der Waals surface area contributed by atoms with Crippen LogP contribution in [0.25, 0.3) is 21.8 Å². The van der Waals surface area contributed by atoms with Gasteiger partial charge in [-0.2, -0.15) is 0 Å². The number of aryl methyl sites for hydroxylation is 3. The molecule has 0 saturated heterocycles. The number of aromatic amines is 2. The first-order valence-corrected chi connectivity index (χ1v) is 14.9. The van der Waals surface area contributed by atoms with Gasteiger partial charge in [-0.05, 0) is 98.4 Å². The Morgan fingerprint density at radius 1 is 0.929 bits per heavy atom. The van der Waals surface area contributed by atoms with E-state index < -0.39 is 5.97 Å². The van der Waals surface area contributed by atoms with Crippen molar-refractivity contribution in [2.24, 2.45) is 5.92 Å². The number of fused-ring (bicyclic) bond motifs is 6. The van der Waals surface area contributed by atoms with Crippen LogP contribution in [0.1, 0.15) is 62.5 Å². The Kier molecular flexibility index (Phi) is 8.02. The molecule has 0 radical (unpaired) electrons. The fraction of sp³-hybridized carbons (Fsp3) is 0.424. The number of nitrogens with zero attached hydrogens (tertiary/aromatic N) is 1. The van der Waals surface area contributed by atoms with E-state index in [4.69, 9.17) is 9.47 Å². The lowest BCUT2D eigenvalue weighted by Gasteiger charge is -2.27. The number of aromatic nitrogens is 2. The van der Waals surface area contributed by atoms with Gasteiger partial charge in [-0.3, -0.25) is 9.59 Å². The average molecular weight is 571 g/mol. The van der Waals surface area contributed by atoms with Gasteiger partial charge in [0.1, 0.15) is 0 Å². The van der Waals surface area contributed by atoms with Gasteiger partial charge in [0.15, 0.2) is 6.61 Å². The zero-order chi connectivity index (χ0) is 29.2. The van der Waals surface area contributed by atoms with Gasteiger partial charge in [0.2, 0.25) is 0 Å². The highest BCUT2D eigenvalue weighted by Crippen LogP contribution is 2.33. The lowest BCUT2D eigenvalue weighted by molar-refractivity contribution is -0.133. The maximum Gasteiger partial charge on any atom is 0.338 e. The summed E-state index contributed by atoms with van der Waals surface area (Å²) in [6, 6.07) is 11.3. The van der Waals surface area contributed by atoms with Crippen LogP contribution in [-0.2, 0) is 40.0 Å². The Morgan fingerprint density at radius 2 is 1.62 bits per heavy atom. The smallest absolute Gasteiger partial charge is 0.338 e. The lowest BCUT2D eigenvalue weighted by Crippen LogP contribution is -2.36. The molecule has 9 nitrogen and oxygen atoms in total. The number of ether oxygens (including phenoxy) is 2. The third kappa shape index (κ3) is 5.66. The highest BCUT2D eigenvalue weighted by Gasteiger charge is 2.26. The van der Waals surface area contributed by atoms with Crippen LogP contribution in [0.2, 0.25) is 0 Å². The zero-order valence-electron chi connectivity index (χ0n) is 24.3. The first-order chi connectivity index (χ1) is 20.4. The largest absolute Gasteiger partial charge is 0.452 e. The minimum absolute atomic E-state index is 0.109. The Labute approximate surface area is 244 Å². The van der Waals surface area contributed by atoms with E-state index in [0.717, 1.165) is 66.0 Å². The number of nitrogens with one attached hydrogen (secondary N) is 3. The predicted octanol–water partition coefficient (Wildman–Crippen LogP) is 4.32. The third-order valence-corrected chi connectivity index (χ3v) is 8.76. The fourth-order valence-electron chi connectivity index (χ4n) is 6.51. The summed E-state index contributed by atoms with van der Waals surface area (Å²) in [5.41, 5.74) is 8.15. The summed E-state index contributed by atoms with van der Waals surface area (Å²) in [5, 5.41) is 5.04. The summed E-state index contributed by atoms with van der Waals surface area (Å²) >= 11 is 0. The predicted molar refractivity (Wildman–Crippen MR) is 161 cm³/mol. The van der Waals surface area contributed by atoms with Crippen LogP contribution in [0.3, 0.4) is 0 Å². The van der Waals surface area contributed by atoms with Crippen LogP contribution in [0, 0.1) is 5.92 Å². The summed E-state index contributed by atoms with van der Waals surface area (Å²) in [5.74, 6) is -0.511. The SMILES string of the molecule is COCCNC(=O)c1ccc2[nH]c3c(c2c1)CCC(CN(C)C(=O)COC(=O)c1ccc2[nH]c4c(c2c1)CCCC4)C3. The van der Waals surface area contributed by atoms with Gasteiger partial charge >= 0.3 is 5.97 Å². The van der Waals surface area contributed by atoms with E-state index >= 15 is 0 Å². The van der Waals surface area contributed by atoms with Crippen LogP contribution in [0.4, 0.5) is 0 Å². The summed E-state index contributed by atoms with van der Waals surface area (Å²) in [6.07, 6.45) is 7.03. The zero-order valence-corrected chi connectivity index (χ0v) is 24.3. The number of carbonyl (C=O) groups excluding carboxylic acids is 3. The molecule has 9 heteroatoms. The number of hydrogen-bond acceptors (Lipinski definition) is 5. The molecule has 2 aliphatic carbocycles. The number of esters is 1. The number of methoxy groups -OCH3 is 1. The van der Waals surface area contributed by atoms with Gasteiger partial charge in [-0.25, -0.2) is 4.79 Å². The normalized spacial score (nSPS) is 16.2. The van der Waals surface area contributed by atoms with Crippen LogP contribution in [0.5, 0.6) is 0 Å².